The number of rotatable bonds is 6. The molecule has 0 heterocycles. The van der Waals surface area contributed by atoms with Crippen LogP contribution in [0, 0.1) is 5.92 Å². The van der Waals surface area contributed by atoms with Crippen LogP contribution in [0.1, 0.15) is 40.0 Å². The van der Waals surface area contributed by atoms with Gasteiger partial charge in [0.25, 0.3) is 3.79 Å². The van der Waals surface area contributed by atoms with Gasteiger partial charge >= 0.3 is 5.97 Å². The number of allylic oxidation sites excluding steroid dienone is 2. The van der Waals surface area contributed by atoms with Crippen LogP contribution in [0.5, 0.6) is 0 Å². The summed E-state index contributed by atoms with van der Waals surface area (Å²) in [5.74, 6) is -0.326. The van der Waals surface area contributed by atoms with E-state index >= 15 is 0 Å². The maximum absolute atomic E-state index is 11.1. The summed E-state index contributed by atoms with van der Waals surface area (Å²) in [7, 11) is 0. The van der Waals surface area contributed by atoms with Crippen LogP contribution < -0.4 is 0 Å². The van der Waals surface area contributed by atoms with Gasteiger partial charge in [0.15, 0.2) is 0 Å². The summed E-state index contributed by atoms with van der Waals surface area (Å²) in [5.41, 5.74) is 1.32. The second kappa shape index (κ2) is 8.23. The average Bonchev–Trinajstić information content (AvgIpc) is 2.15. The van der Waals surface area contributed by atoms with Gasteiger partial charge in [0.1, 0.15) is 0 Å². The van der Waals surface area contributed by atoms with Gasteiger partial charge in [-0.3, -0.25) is 0 Å². The molecule has 0 aliphatic heterocycles. The number of alkyl halides is 3. The zero-order chi connectivity index (χ0) is 13.5. The molecule has 0 aromatic heterocycles. The molecule has 0 bridgehead atoms. The molecule has 100 valence electrons. The molecule has 17 heavy (non-hydrogen) atoms. The Labute approximate surface area is 118 Å². The molecule has 0 rings (SSSR count). The summed E-state index contributed by atoms with van der Waals surface area (Å²) in [5, 5.41) is 0. The smallest absolute Gasteiger partial charge is 0.358 e. The van der Waals surface area contributed by atoms with Crippen molar-refractivity contribution in [3.63, 3.8) is 0 Å². The second-order valence-electron chi connectivity index (χ2n) is 4.39. The van der Waals surface area contributed by atoms with Crippen molar-refractivity contribution in [2.75, 3.05) is 6.61 Å². The average molecular weight is 302 g/mol. The van der Waals surface area contributed by atoms with E-state index in [1.54, 1.807) is 0 Å². The topological polar surface area (TPSA) is 26.3 Å². The number of carbonyl (C=O) groups is 1. The molecule has 0 aliphatic rings. The number of carbonyl (C=O) groups excluding carboxylic acids is 1. The molecule has 0 radical (unpaired) electrons. The van der Waals surface area contributed by atoms with Crippen molar-refractivity contribution in [1.82, 2.24) is 0 Å². The highest BCUT2D eigenvalue weighted by Crippen LogP contribution is 2.27. The van der Waals surface area contributed by atoms with Gasteiger partial charge in [0.2, 0.25) is 0 Å². The summed E-state index contributed by atoms with van der Waals surface area (Å²) < 4.78 is 2.89. The first kappa shape index (κ1) is 17.1. The second-order valence-corrected chi connectivity index (χ2v) is 6.67. The van der Waals surface area contributed by atoms with Crippen LogP contribution >= 0.6 is 34.8 Å². The number of esters is 1. The molecule has 0 aliphatic carbocycles. The predicted octanol–water partition coefficient (Wildman–Crippen LogP) is 4.67. The zero-order valence-corrected chi connectivity index (χ0v) is 12.7. The fraction of sp³-hybridized carbons (Fsp3) is 0.750. The zero-order valence-electron chi connectivity index (χ0n) is 10.4. The molecule has 0 spiro atoms. The number of halogens is 3. The Kier molecular flexibility index (Phi) is 8.27. The van der Waals surface area contributed by atoms with E-state index in [-0.39, 0.29) is 0 Å². The van der Waals surface area contributed by atoms with Gasteiger partial charge in [0.05, 0.1) is 6.61 Å². The Morgan fingerprint density at radius 1 is 1.29 bits per heavy atom. The van der Waals surface area contributed by atoms with Crippen LogP contribution in [-0.2, 0) is 9.53 Å². The molecule has 0 saturated carbocycles. The van der Waals surface area contributed by atoms with E-state index in [2.05, 4.69) is 26.8 Å². The van der Waals surface area contributed by atoms with E-state index in [0.29, 0.717) is 12.5 Å². The molecule has 0 saturated heterocycles. The van der Waals surface area contributed by atoms with E-state index in [4.69, 9.17) is 39.5 Å². The lowest BCUT2D eigenvalue weighted by Gasteiger charge is -2.13. The van der Waals surface area contributed by atoms with E-state index in [0.717, 1.165) is 19.3 Å². The molecule has 2 nitrogen and oxygen atoms in total. The summed E-state index contributed by atoms with van der Waals surface area (Å²) in [4.78, 5) is 11.1. The van der Waals surface area contributed by atoms with E-state index in [9.17, 15) is 4.79 Å². The predicted molar refractivity (Wildman–Crippen MR) is 73.7 cm³/mol. The highest BCUT2D eigenvalue weighted by atomic mass is 35.6. The van der Waals surface area contributed by atoms with Crippen molar-refractivity contribution in [2.45, 2.75) is 43.8 Å². The monoisotopic (exact) mass is 300 g/mol. The van der Waals surface area contributed by atoms with Crippen LogP contribution in [0.2, 0.25) is 0 Å². The SMILES string of the molecule is CC(C)=CCC[C@H](C)CCOC(=O)C(Cl)(Cl)Cl. The quantitative estimate of drug-likeness (QED) is 0.405. The molecule has 5 heteroatoms. The fourth-order valence-corrected chi connectivity index (χ4v) is 1.40. The minimum absolute atomic E-state index is 0.294. The van der Waals surface area contributed by atoms with Crippen molar-refractivity contribution >= 4 is 40.8 Å². The Bertz CT molecular complexity index is 265. The van der Waals surface area contributed by atoms with Crippen LogP contribution in [0.15, 0.2) is 11.6 Å². The van der Waals surface area contributed by atoms with E-state index in [1.165, 1.54) is 5.57 Å². The summed E-state index contributed by atoms with van der Waals surface area (Å²) in [6.07, 6.45) is 5.09. The lowest BCUT2D eigenvalue weighted by atomic mass is 10.0. The van der Waals surface area contributed by atoms with Gasteiger partial charge in [0, 0.05) is 0 Å². The number of hydrogen-bond acceptors (Lipinski definition) is 2. The van der Waals surface area contributed by atoms with Gasteiger partial charge in [-0.2, -0.15) is 0 Å². The summed E-state index contributed by atoms with van der Waals surface area (Å²) in [6.45, 7) is 6.56. The van der Waals surface area contributed by atoms with Crippen molar-refractivity contribution in [3.05, 3.63) is 11.6 Å². The third-order valence-electron chi connectivity index (χ3n) is 2.29. The minimum Gasteiger partial charge on any atom is -0.463 e. The molecular formula is C12H19Cl3O2. The Hall–Kier alpha value is 0.0800. The first-order chi connectivity index (χ1) is 7.73. The summed E-state index contributed by atoms with van der Waals surface area (Å²) in [6, 6.07) is 0. The standard InChI is InChI=1S/C12H19Cl3O2/c1-9(2)5-4-6-10(3)7-8-17-11(16)12(13,14)15/h5,10H,4,6-8H2,1-3H3/t10-/m0/s1. The van der Waals surface area contributed by atoms with Crippen LogP contribution in [-0.4, -0.2) is 16.4 Å². The molecule has 0 unspecified atom stereocenters. The lowest BCUT2D eigenvalue weighted by Crippen LogP contribution is -2.22. The Morgan fingerprint density at radius 2 is 1.88 bits per heavy atom. The van der Waals surface area contributed by atoms with Crippen LogP contribution in [0.25, 0.3) is 0 Å². The first-order valence-electron chi connectivity index (χ1n) is 5.60. The number of hydrogen-bond donors (Lipinski definition) is 0. The molecule has 0 N–H and O–H groups in total. The van der Waals surface area contributed by atoms with E-state index < -0.39 is 9.76 Å². The maximum atomic E-state index is 11.1. The molecule has 0 aromatic rings. The number of ether oxygens (including phenoxy) is 1. The van der Waals surface area contributed by atoms with Gasteiger partial charge in [-0.05, 0) is 39.0 Å². The normalized spacial score (nSPS) is 13.1. The largest absolute Gasteiger partial charge is 0.463 e. The van der Waals surface area contributed by atoms with Gasteiger partial charge in [-0.25, -0.2) is 4.79 Å². The van der Waals surface area contributed by atoms with Gasteiger partial charge in [-0.1, -0.05) is 53.4 Å². The van der Waals surface area contributed by atoms with Crippen molar-refractivity contribution in [3.8, 4) is 0 Å². The lowest BCUT2D eigenvalue weighted by molar-refractivity contribution is -0.142. The van der Waals surface area contributed by atoms with Gasteiger partial charge < -0.3 is 4.74 Å². The van der Waals surface area contributed by atoms with Crippen molar-refractivity contribution < 1.29 is 9.53 Å². The molecule has 0 amide bonds. The molecule has 0 fully saturated rings. The van der Waals surface area contributed by atoms with Crippen molar-refractivity contribution in [2.24, 2.45) is 5.92 Å². The highest BCUT2D eigenvalue weighted by molar-refractivity contribution is 6.75. The molecule has 1 atom stereocenters. The van der Waals surface area contributed by atoms with Gasteiger partial charge in [-0.15, -0.1) is 0 Å². The van der Waals surface area contributed by atoms with Crippen molar-refractivity contribution in [1.29, 1.82) is 0 Å². The maximum Gasteiger partial charge on any atom is 0.358 e. The minimum atomic E-state index is -1.97. The Morgan fingerprint density at radius 3 is 2.35 bits per heavy atom. The molecular weight excluding hydrogens is 282 g/mol. The van der Waals surface area contributed by atoms with E-state index in [1.807, 2.05) is 0 Å². The Balaban J connectivity index is 3.68. The highest BCUT2D eigenvalue weighted by Gasteiger charge is 2.32. The first-order valence-corrected chi connectivity index (χ1v) is 6.74. The fourth-order valence-electron chi connectivity index (χ4n) is 1.24. The van der Waals surface area contributed by atoms with Crippen LogP contribution in [0.4, 0.5) is 0 Å². The molecule has 0 aromatic carbocycles. The summed E-state index contributed by atoms with van der Waals surface area (Å²) >= 11 is 16.1. The third-order valence-corrected chi connectivity index (χ3v) is 2.75. The third kappa shape index (κ3) is 9.75. The van der Waals surface area contributed by atoms with Crippen LogP contribution in [0.3, 0.4) is 0 Å².